The third kappa shape index (κ3) is 3.83. The summed E-state index contributed by atoms with van der Waals surface area (Å²) in [5.41, 5.74) is 2.00. The lowest BCUT2D eigenvalue weighted by atomic mass is 9.96. The van der Waals surface area contributed by atoms with Crippen LogP contribution in [-0.2, 0) is 9.53 Å². The largest absolute Gasteiger partial charge is 0.456 e. The predicted octanol–water partition coefficient (Wildman–Crippen LogP) is 2.99. The molecule has 1 aliphatic heterocycles. The van der Waals surface area contributed by atoms with E-state index in [1.165, 1.54) is 0 Å². The van der Waals surface area contributed by atoms with Crippen LogP contribution in [0.4, 0.5) is 0 Å². The Hall–Kier alpha value is -1.39. The lowest BCUT2D eigenvalue weighted by Gasteiger charge is -2.28. The Kier molecular flexibility index (Phi) is 4.69. The van der Waals surface area contributed by atoms with Crippen molar-refractivity contribution < 1.29 is 9.53 Å². The van der Waals surface area contributed by atoms with Crippen LogP contribution in [0.25, 0.3) is 5.57 Å². The Balaban J connectivity index is 2.25. The minimum atomic E-state index is -0.522. The average molecular weight is 309 g/mol. The van der Waals surface area contributed by atoms with Gasteiger partial charge >= 0.3 is 5.97 Å². The van der Waals surface area contributed by atoms with Gasteiger partial charge in [-0.25, -0.2) is 0 Å². The van der Waals surface area contributed by atoms with Gasteiger partial charge in [-0.15, -0.1) is 0 Å². The van der Waals surface area contributed by atoms with E-state index in [-0.39, 0.29) is 12.1 Å². The van der Waals surface area contributed by atoms with Crippen LogP contribution in [0.15, 0.2) is 18.2 Å². The molecule has 5 heteroatoms. The summed E-state index contributed by atoms with van der Waals surface area (Å²) in [6.45, 7) is 8.74. The number of ether oxygens (including phenoxy) is 1. The Bertz CT molecular complexity index is 576. The van der Waals surface area contributed by atoms with Crippen molar-refractivity contribution in [1.29, 1.82) is 0 Å². The third-order valence-corrected chi connectivity index (χ3v) is 3.72. The van der Waals surface area contributed by atoms with E-state index >= 15 is 0 Å². The van der Waals surface area contributed by atoms with Crippen LogP contribution in [0.5, 0.6) is 0 Å². The molecule has 1 atom stereocenters. The van der Waals surface area contributed by atoms with Gasteiger partial charge in [0.25, 0.3) is 0 Å². The van der Waals surface area contributed by atoms with Gasteiger partial charge in [-0.1, -0.05) is 17.7 Å². The first kappa shape index (κ1) is 16.0. The summed E-state index contributed by atoms with van der Waals surface area (Å²) >= 11 is 6.02. The van der Waals surface area contributed by atoms with Crippen LogP contribution in [0, 0.1) is 12.3 Å². The number of pyridine rings is 1. The molecule has 0 aromatic carbocycles. The summed E-state index contributed by atoms with van der Waals surface area (Å²) in [6, 6.07) is 3.69. The van der Waals surface area contributed by atoms with E-state index in [0.29, 0.717) is 11.6 Å². The van der Waals surface area contributed by atoms with E-state index in [2.05, 4.69) is 10.3 Å². The molecule has 0 spiro atoms. The fraction of sp³-hybridized carbons (Fsp3) is 0.500. The number of hydrogen-bond donors (Lipinski definition) is 1. The molecule has 0 amide bonds. The second kappa shape index (κ2) is 6.16. The van der Waals surface area contributed by atoms with Crippen LogP contribution >= 0.6 is 11.6 Å². The van der Waals surface area contributed by atoms with Crippen LogP contribution in [0.3, 0.4) is 0 Å². The van der Waals surface area contributed by atoms with E-state index in [1.807, 2.05) is 45.9 Å². The molecular weight excluding hydrogens is 288 g/mol. The van der Waals surface area contributed by atoms with Crippen molar-refractivity contribution in [2.24, 2.45) is 5.41 Å². The van der Waals surface area contributed by atoms with Gasteiger partial charge in [0.1, 0.15) is 6.10 Å². The van der Waals surface area contributed by atoms with Gasteiger partial charge in [0.2, 0.25) is 0 Å². The molecule has 0 saturated heterocycles. The molecule has 0 bridgehead atoms. The maximum absolute atomic E-state index is 12.1. The van der Waals surface area contributed by atoms with Gasteiger partial charge in [0.15, 0.2) is 0 Å². The van der Waals surface area contributed by atoms with Crippen molar-refractivity contribution in [2.45, 2.75) is 33.8 Å². The number of esters is 1. The molecule has 2 rings (SSSR count). The number of nitrogens with one attached hydrogen (secondary N) is 1. The van der Waals surface area contributed by atoms with Crippen molar-refractivity contribution >= 4 is 23.1 Å². The first-order valence-electron chi connectivity index (χ1n) is 7.04. The lowest BCUT2D eigenvalue weighted by molar-refractivity contribution is -0.155. The first-order chi connectivity index (χ1) is 9.79. The molecule has 0 aliphatic carbocycles. The highest BCUT2D eigenvalue weighted by Crippen LogP contribution is 2.26. The number of halogens is 1. The van der Waals surface area contributed by atoms with Crippen LogP contribution in [0.1, 0.15) is 32.2 Å². The monoisotopic (exact) mass is 308 g/mol. The number of hydrogen-bond acceptors (Lipinski definition) is 4. The highest BCUT2D eigenvalue weighted by atomic mass is 35.5. The zero-order valence-corrected chi connectivity index (χ0v) is 13.6. The molecule has 1 aliphatic rings. The molecule has 0 fully saturated rings. The third-order valence-electron chi connectivity index (χ3n) is 3.32. The summed E-state index contributed by atoms with van der Waals surface area (Å²) in [4.78, 5) is 16.6. The topological polar surface area (TPSA) is 51.2 Å². The van der Waals surface area contributed by atoms with Crippen molar-refractivity contribution in [3.8, 4) is 0 Å². The molecule has 0 radical (unpaired) electrons. The van der Waals surface area contributed by atoms with Crippen LogP contribution in [-0.4, -0.2) is 30.1 Å². The number of carbonyl (C=O) groups excluding carboxylic acids is 1. The Morgan fingerprint density at radius 2 is 2.14 bits per heavy atom. The molecule has 4 nitrogen and oxygen atoms in total. The maximum Gasteiger partial charge on any atom is 0.311 e. The molecule has 1 aromatic heterocycles. The standard InChI is InChI=1S/C16H21ClN2O2/c1-10-12(17)5-6-13(19-10)11-7-8-18-9-14(11)21-15(20)16(2,3)4/h5-7,14,18H,8-9H2,1-4H3/t14-/m0/s1. The van der Waals surface area contributed by atoms with Crippen molar-refractivity contribution in [3.05, 3.63) is 34.6 Å². The molecule has 1 aromatic rings. The number of carbonyl (C=O) groups is 1. The fourth-order valence-corrected chi connectivity index (χ4v) is 2.13. The number of aryl methyl sites for hydroxylation is 1. The second-order valence-electron chi connectivity index (χ2n) is 6.23. The van der Waals surface area contributed by atoms with Gasteiger partial charge in [-0.05, 0) is 39.8 Å². The summed E-state index contributed by atoms with van der Waals surface area (Å²) < 4.78 is 5.65. The quantitative estimate of drug-likeness (QED) is 0.853. The van der Waals surface area contributed by atoms with E-state index in [0.717, 1.165) is 23.5 Å². The summed E-state index contributed by atoms with van der Waals surface area (Å²) in [7, 11) is 0. The highest BCUT2D eigenvalue weighted by molar-refractivity contribution is 6.31. The lowest BCUT2D eigenvalue weighted by Crippen LogP contribution is -2.39. The fourth-order valence-electron chi connectivity index (χ4n) is 2.02. The molecule has 0 unspecified atom stereocenters. The molecule has 2 heterocycles. The molecular formula is C16H21ClN2O2. The van der Waals surface area contributed by atoms with Crippen LogP contribution in [0.2, 0.25) is 5.02 Å². The van der Waals surface area contributed by atoms with Crippen molar-refractivity contribution in [2.75, 3.05) is 13.1 Å². The normalized spacial score (nSPS) is 19.1. The van der Waals surface area contributed by atoms with E-state index in [1.54, 1.807) is 0 Å². The van der Waals surface area contributed by atoms with Gasteiger partial charge in [-0.2, -0.15) is 0 Å². The van der Waals surface area contributed by atoms with Crippen LogP contribution < -0.4 is 5.32 Å². The molecule has 114 valence electrons. The minimum absolute atomic E-state index is 0.215. The summed E-state index contributed by atoms with van der Waals surface area (Å²) in [5, 5.41) is 3.85. The Morgan fingerprint density at radius 1 is 1.43 bits per heavy atom. The van der Waals surface area contributed by atoms with Gasteiger partial charge in [0, 0.05) is 18.7 Å². The zero-order valence-electron chi connectivity index (χ0n) is 12.9. The SMILES string of the molecule is Cc1nc(C2=CCNC[C@@H]2OC(=O)C(C)(C)C)ccc1Cl. The maximum atomic E-state index is 12.1. The summed E-state index contributed by atoms with van der Waals surface area (Å²) in [5.74, 6) is -0.215. The first-order valence-corrected chi connectivity index (χ1v) is 7.42. The zero-order chi connectivity index (χ0) is 15.6. The van der Waals surface area contributed by atoms with E-state index < -0.39 is 5.41 Å². The number of rotatable bonds is 2. The second-order valence-corrected chi connectivity index (χ2v) is 6.63. The molecule has 1 N–H and O–H groups in total. The van der Waals surface area contributed by atoms with E-state index in [4.69, 9.17) is 16.3 Å². The number of nitrogens with zero attached hydrogens (tertiary/aromatic N) is 1. The van der Waals surface area contributed by atoms with E-state index in [9.17, 15) is 4.79 Å². The average Bonchev–Trinajstić information content (AvgIpc) is 2.41. The highest BCUT2D eigenvalue weighted by Gasteiger charge is 2.29. The van der Waals surface area contributed by atoms with Crippen molar-refractivity contribution in [1.82, 2.24) is 10.3 Å². The number of aromatic nitrogens is 1. The van der Waals surface area contributed by atoms with Gasteiger partial charge < -0.3 is 10.1 Å². The molecule has 0 saturated carbocycles. The smallest absolute Gasteiger partial charge is 0.311 e. The Labute approximate surface area is 130 Å². The molecule has 21 heavy (non-hydrogen) atoms. The summed E-state index contributed by atoms with van der Waals surface area (Å²) in [6.07, 6.45) is 1.69. The minimum Gasteiger partial charge on any atom is -0.456 e. The predicted molar refractivity (Wildman–Crippen MR) is 84.2 cm³/mol. The van der Waals surface area contributed by atoms with Crippen molar-refractivity contribution in [3.63, 3.8) is 0 Å². The van der Waals surface area contributed by atoms with Gasteiger partial charge in [-0.3, -0.25) is 9.78 Å². The van der Waals surface area contributed by atoms with Gasteiger partial charge in [0.05, 0.1) is 21.8 Å². The Morgan fingerprint density at radius 3 is 2.76 bits per heavy atom.